The van der Waals surface area contributed by atoms with Crippen molar-refractivity contribution in [2.24, 2.45) is 11.8 Å². The van der Waals surface area contributed by atoms with Gasteiger partial charge in [-0.05, 0) is 32.1 Å². The highest BCUT2D eigenvalue weighted by atomic mass is 16.5. The first-order valence-corrected chi connectivity index (χ1v) is 8.80. The van der Waals surface area contributed by atoms with E-state index in [1.165, 1.54) is 0 Å². The topological polar surface area (TPSA) is 78.9 Å². The fourth-order valence-electron chi connectivity index (χ4n) is 3.84. The van der Waals surface area contributed by atoms with Crippen LogP contribution in [0, 0.1) is 11.8 Å². The number of hydrogen-bond donors (Lipinski definition) is 2. The summed E-state index contributed by atoms with van der Waals surface area (Å²) in [5.41, 5.74) is -0.176. The summed E-state index contributed by atoms with van der Waals surface area (Å²) in [5, 5.41) is 12.4. The average molecular weight is 324 g/mol. The van der Waals surface area contributed by atoms with E-state index >= 15 is 0 Å². The van der Waals surface area contributed by atoms with E-state index in [-0.39, 0.29) is 41.4 Å². The smallest absolute Gasteiger partial charge is 0.225 e. The monoisotopic (exact) mass is 324 g/mol. The summed E-state index contributed by atoms with van der Waals surface area (Å²) in [6.07, 6.45) is 3.45. The lowest BCUT2D eigenvalue weighted by Gasteiger charge is -2.41. The van der Waals surface area contributed by atoms with Crippen LogP contribution in [0.2, 0.25) is 0 Å². The Kier molecular flexibility index (Phi) is 4.65. The molecule has 0 aromatic rings. The maximum absolute atomic E-state index is 12.3. The van der Waals surface area contributed by atoms with Gasteiger partial charge < -0.3 is 20.1 Å². The van der Waals surface area contributed by atoms with E-state index in [0.29, 0.717) is 19.4 Å². The first-order valence-electron chi connectivity index (χ1n) is 8.80. The first kappa shape index (κ1) is 16.7. The van der Waals surface area contributed by atoms with E-state index in [2.05, 4.69) is 5.32 Å². The number of nitrogens with one attached hydrogen (secondary N) is 1. The van der Waals surface area contributed by atoms with Crippen molar-refractivity contribution >= 4 is 11.8 Å². The molecular weight excluding hydrogens is 296 g/mol. The van der Waals surface area contributed by atoms with Crippen molar-refractivity contribution < 1.29 is 19.4 Å². The van der Waals surface area contributed by atoms with E-state index in [1.54, 1.807) is 0 Å². The van der Waals surface area contributed by atoms with E-state index in [4.69, 9.17) is 4.74 Å². The average Bonchev–Trinajstić information content (AvgIpc) is 2.86. The molecule has 1 atom stereocenters. The summed E-state index contributed by atoms with van der Waals surface area (Å²) in [6, 6.07) is 0.0916. The van der Waals surface area contributed by atoms with Crippen molar-refractivity contribution in [1.82, 2.24) is 10.2 Å². The fraction of sp³-hybridized carbons (Fsp3) is 0.882. The number of nitrogens with zero attached hydrogens (tertiary/aromatic N) is 1. The van der Waals surface area contributed by atoms with Crippen molar-refractivity contribution in [3.05, 3.63) is 0 Å². The molecule has 2 aliphatic heterocycles. The number of amides is 2. The Morgan fingerprint density at radius 2 is 1.91 bits per heavy atom. The van der Waals surface area contributed by atoms with Crippen LogP contribution in [0.15, 0.2) is 0 Å². The number of carbonyl (C=O) groups is 2. The fourth-order valence-corrected chi connectivity index (χ4v) is 3.84. The predicted molar refractivity (Wildman–Crippen MR) is 84.6 cm³/mol. The minimum atomic E-state index is -0.288. The number of piperidine rings is 1. The van der Waals surface area contributed by atoms with Crippen molar-refractivity contribution in [3.8, 4) is 0 Å². The summed E-state index contributed by atoms with van der Waals surface area (Å²) >= 11 is 0. The third-order valence-corrected chi connectivity index (χ3v) is 5.53. The Bertz CT molecular complexity index is 465. The van der Waals surface area contributed by atoms with Gasteiger partial charge in [-0.3, -0.25) is 9.59 Å². The second-order valence-corrected chi connectivity index (χ2v) is 7.71. The summed E-state index contributed by atoms with van der Waals surface area (Å²) in [7, 11) is 0. The van der Waals surface area contributed by atoms with Crippen LogP contribution in [0.3, 0.4) is 0 Å². The molecule has 2 saturated heterocycles. The molecule has 0 bridgehead atoms. The molecule has 0 radical (unpaired) electrons. The maximum atomic E-state index is 12.3. The molecule has 0 aromatic carbocycles. The molecule has 1 unspecified atom stereocenters. The Labute approximate surface area is 137 Å². The molecule has 3 fully saturated rings. The molecule has 1 spiro atoms. The van der Waals surface area contributed by atoms with Gasteiger partial charge in [-0.25, -0.2) is 0 Å². The number of hydrogen-bond acceptors (Lipinski definition) is 4. The lowest BCUT2D eigenvalue weighted by atomic mass is 9.80. The maximum Gasteiger partial charge on any atom is 0.225 e. The number of likely N-dealkylation sites (tertiary alicyclic amines) is 1. The van der Waals surface area contributed by atoms with Gasteiger partial charge in [0.1, 0.15) is 0 Å². The zero-order valence-electron chi connectivity index (χ0n) is 14.1. The van der Waals surface area contributed by atoms with E-state index in [1.807, 2.05) is 18.7 Å². The van der Waals surface area contributed by atoms with Crippen LogP contribution in [-0.2, 0) is 14.3 Å². The van der Waals surface area contributed by atoms with Gasteiger partial charge in [0.15, 0.2) is 0 Å². The van der Waals surface area contributed by atoms with Gasteiger partial charge in [-0.1, -0.05) is 13.8 Å². The zero-order valence-corrected chi connectivity index (χ0v) is 14.1. The summed E-state index contributed by atoms with van der Waals surface area (Å²) < 4.78 is 6.03. The Morgan fingerprint density at radius 3 is 2.48 bits per heavy atom. The molecule has 1 saturated carbocycles. The number of rotatable bonds is 3. The van der Waals surface area contributed by atoms with Crippen LogP contribution < -0.4 is 5.32 Å². The minimum absolute atomic E-state index is 0.0103. The molecule has 130 valence electrons. The third kappa shape index (κ3) is 3.53. The molecule has 6 nitrogen and oxygen atoms in total. The van der Waals surface area contributed by atoms with Crippen LogP contribution in [0.5, 0.6) is 0 Å². The SMILES string of the molecule is CC(C)C(=O)NC1COC2(CCN(C(=O)C3CC(O)C3)CC2)C1. The number of ether oxygens (including phenoxy) is 1. The highest BCUT2D eigenvalue weighted by Gasteiger charge is 2.45. The second kappa shape index (κ2) is 6.40. The lowest BCUT2D eigenvalue weighted by molar-refractivity contribution is -0.147. The minimum Gasteiger partial charge on any atom is -0.393 e. The van der Waals surface area contributed by atoms with E-state index in [9.17, 15) is 14.7 Å². The summed E-state index contributed by atoms with van der Waals surface area (Å²) in [4.78, 5) is 26.1. The highest BCUT2D eigenvalue weighted by molar-refractivity contribution is 5.80. The van der Waals surface area contributed by atoms with Gasteiger partial charge in [-0.2, -0.15) is 0 Å². The van der Waals surface area contributed by atoms with Crippen molar-refractivity contribution in [3.63, 3.8) is 0 Å². The van der Waals surface area contributed by atoms with Crippen molar-refractivity contribution in [2.75, 3.05) is 19.7 Å². The highest BCUT2D eigenvalue weighted by Crippen LogP contribution is 2.37. The lowest BCUT2D eigenvalue weighted by Crippen LogP contribution is -2.51. The number of aliphatic hydroxyl groups excluding tert-OH is 1. The normalized spacial score (nSPS) is 32.9. The summed E-state index contributed by atoms with van der Waals surface area (Å²) in [5.74, 6) is 0.269. The van der Waals surface area contributed by atoms with Crippen molar-refractivity contribution in [2.45, 2.75) is 63.7 Å². The molecule has 6 heteroatoms. The molecule has 23 heavy (non-hydrogen) atoms. The van der Waals surface area contributed by atoms with E-state index < -0.39 is 0 Å². The second-order valence-electron chi connectivity index (χ2n) is 7.71. The van der Waals surface area contributed by atoms with Gasteiger partial charge in [0.05, 0.1) is 24.4 Å². The van der Waals surface area contributed by atoms with Gasteiger partial charge >= 0.3 is 0 Å². The molecule has 0 aromatic heterocycles. The Morgan fingerprint density at radius 1 is 1.26 bits per heavy atom. The molecule has 1 aliphatic carbocycles. The third-order valence-electron chi connectivity index (χ3n) is 5.53. The molecule has 3 rings (SSSR count). The van der Waals surface area contributed by atoms with Crippen LogP contribution in [0.1, 0.15) is 46.0 Å². The Balaban J connectivity index is 1.47. The molecule has 3 aliphatic rings. The van der Waals surface area contributed by atoms with Crippen LogP contribution in [-0.4, -0.2) is 59.3 Å². The standard InChI is InChI=1S/C17H28N2O4/c1-11(2)15(21)18-13-9-17(23-10-13)3-5-19(6-4-17)16(22)12-7-14(20)8-12/h11-14,20H,3-10H2,1-2H3,(H,18,21). The van der Waals surface area contributed by atoms with Gasteiger partial charge in [0.25, 0.3) is 0 Å². The quantitative estimate of drug-likeness (QED) is 0.800. The van der Waals surface area contributed by atoms with E-state index in [0.717, 1.165) is 32.4 Å². The summed E-state index contributed by atoms with van der Waals surface area (Å²) in [6.45, 7) is 5.79. The van der Waals surface area contributed by atoms with Crippen LogP contribution in [0.4, 0.5) is 0 Å². The van der Waals surface area contributed by atoms with Crippen LogP contribution >= 0.6 is 0 Å². The first-order chi connectivity index (χ1) is 10.9. The molecule has 2 amide bonds. The molecule has 2 heterocycles. The van der Waals surface area contributed by atoms with Gasteiger partial charge in [-0.15, -0.1) is 0 Å². The van der Waals surface area contributed by atoms with Crippen molar-refractivity contribution in [1.29, 1.82) is 0 Å². The largest absolute Gasteiger partial charge is 0.393 e. The number of aliphatic hydroxyl groups is 1. The molecule has 2 N–H and O–H groups in total. The predicted octanol–water partition coefficient (Wildman–Crippen LogP) is 0.680. The van der Waals surface area contributed by atoms with Gasteiger partial charge in [0.2, 0.25) is 11.8 Å². The zero-order chi connectivity index (χ0) is 16.6. The molecular formula is C17H28N2O4. The van der Waals surface area contributed by atoms with Gasteiger partial charge in [0, 0.05) is 24.9 Å². The Hall–Kier alpha value is -1.14. The van der Waals surface area contributed by atoms with Crippen LogP contribution in [0.25, 0.3) is 0 Å². The number of carbonyl (C=O) groups excluding carboxylic acids is 2.